The van der Waals surface area contributed by atoms with Crippen molar-refractivity contribution < 1.29 is 4.74 Å². The van der Waals surface area contributed by atoms with Crippen molar-refractivity contribution in [2.75, 3.05) is 13.2 Å². The molecule has 0 aromatic carbocycles. The summed E-state index contributed by atoms with van der Waals surface area (Å²) in [6, 6.07) is 0. The van der Waals surface area contributed by atoms with Gasteiger partial charge in [-0.25, -0.2) is 0 Å². The zero-order chi connectivity index (χ0) is 8.97. The van der Waals surface area contributed by atoms with Crippen LogP contribution in [0.3, 0.4) is 0 Å². The van der Waals surface area contributed by atoms with Gasteiger partial charge in [0.2, 0.25) is 0 Å². The number of alkyl halides is 1. The van der Waals surface area contributed by atoms with Crippen LogP contribution in [0.2, 0.25) is 0 Å². The Kier molecular flexibility index (Phi) is 4.38. The fourth-order valence-corrected chi connectivity index (χ4v) is 2.08. The van der Waals surface area contributed by atoms with Crippen LogP contribution in [-0.2, 0) is 4.74 Å². The van der Waals surface area contributed by atoms with Gasteiger partial charge in [-0.3, -0.25) is 0 Å². The van der Waals surface area contributed by atoms with Crippen molar-refractivity contribution in [2.24, 2.45) is 11.8 Å². The van der Waals surface area contributed by atoms with Crippen LogP contribution in [0.15, 0.2) is 0 Å². The van der Waals surface area contributed by atoms with Crippen LogP contribution in [0.4, 0.5) is 0 Å². The van der Waals surface area contributed by atoms with Crippen LogP contribution in [0.25, 0.3) is 0 Å². The van der Waals surface area contributed by atoms with Crippen molar-refractivity contribution in [1.82, 2.24) is 0 Å². The van der Waals surface area contributed by atoms with Crippen molar-refractivity contribution in [3.63, 3.8) is 0 Å². The average Bonchev–Trinajstić information content (AvgIpc) is 2.17. The van der Waals surface area contributed by atoms with Crippen molar-refractivity contribution in [2.45, 2.75) is 38.5 Å². The summed E-state index contributed by atoms with van der Waals surface area (Å²) in [5, 5.41) is 0.315. The Bertz CT molecular complexity index is 121. The van der Waals surface area contributed by atoms with Crippen molar-refractivity contribution >= 4 is 11.6 Å². The predicted molar refractivity (Wildman–Crippen MR) is 52.6 cm³/mol. The Morgan fingerprint density at radius 1 is 1.58 bits per heavy atom. The zero-order valence-corrected chi connectivity index (χ0v) is 8.81. The SMILES string of the molecule is CCC(C)C(Cl)C1CCCOC1. The first-order valence-corrected chi connectivity index (χ1v) is 5.41. The minimum atomic E-state index is 0.315. The van der Waals surface area contributed by atoms with Gasteiger partial charge in [0.15, 0.2) is 0 Å². The van der Waals surface area contributed by atoms with E-state index in [0.717, 1.165) is 13.2 Å². The van der Waals surface area contributed by atoms with E-state index in [4.69, 9.17) is 16.3 Å². The molecular formula is C10H19ClO. The molecule has 0 aromatic rings. The van der Waals surface area contributed by atoms with Crippen molar-refractivity contribution in [3.05, 3.63) is 0 Å². The maximum absolute atomic E-state index is 6.33. The molecule has 72 valence electrons. The second-order valence-corrected chi connectivity index (χ2v) is 4.31. The van der Waals surface area contributed by atoms with Gasteiger partial charge < -0.3 is 4.74 Å². The summed E-state index contributed by atoms with van der Waals surface area (Å²) < 4.78 is 5.41. The van der Waals surface area contributed by atoms with Crippen LogP contribution in [-0.4, -0.2) is 18.6 Å². The topological polar surface area (TPSA) is 9.23 Å². The number of hydrogen-bond acceptors (Lipinski definition) is 1. The van der Waals surface area contributed by atoms with E-state index in [1.807, 2.05) is 0 Å². The van der Waals surface area contributed by atoms with Crippen molar-refractivity contribution in [3.8, 4) is 0 Å². The first kappa shape index (κ1) is 10.3. The standard InChI is InChI=1S/C10H19ClO/c1-3-8(2)10(11)9-5-4-6-12-7-9/h8-10H,3-7H2,1-2H3. The van der Waals surface area contributed by atoms with Crippen LogP contribution in [0.1, 0.15) is 33.1 Å². The highest BCUT2D eigenvalue weighted by Crippen LogP contribution is 2.28. The summed E-state index contributed by atoms with van der Waals surface area (Å²) in [5.41, 5.74) is 0. The third-order valence-electron chi connectivity index (χ3n) is 2.83. The van der Waals surface area contributed by atoms with Gasteiger partial charge in [-0.1, -0.05) is 20.3 Å². The molecule has 0 radical (unpaired) electrons. The van der Waals surface area contributed by atoms with Gasteiger partial charge in [0, 0.05) is 12.0 Å². The highest BCUT2D eigenvalue weighted by Gasteiger charge is 2.25. The monoisotopic (exact) mass is 190 g/mol. The minimum absolute atomic E-state index is 0.315. The summed E-state index contributed by atoms with van der Waals surface area (Å²) in [6.45, 7) is 6.23. The third kappa shape index (κ3) is 2.63. The van der Waals surface area contributed by atoms with Gasteiger partial charge in [-0.2, -0.15) is 0 Å². The molecule has 1 rings (SSSR count). The van der Waals surface area contributed by atoms with E-state index < -0.39 is 0 Å². The molecule has 1 fully saturated rings. The van der Waals surface area contributed by atoms with Gasteiger partial charge in [-0.05, 0) is 24.7 Å². The Morgan fingerprint density at radius 2 is 2.33 bits per heavy atom. The second kappa shape index (κ2) is 5.08. The van der Waals surface area contributed by atoms with Gasteiger partial charge in [-0.15, -0.1) is 11.6 Å². The Morgan fingerprint density at radius 3 is 2.83 bits per heavy atom. The molecule has 0 spiro atoms. The van der Waals surface area contributed by atoms with Gasteiger partial charge in [0.25, 0.3) is 0 Å². The van der Waals surface area contributed by atoms with Gasteiger partial charge in [0.1, 0.15) is 0 Å². The third-order valence-corrected chi connectivity index (χ3v) is 3.62. The van der Waals surface area contributed by atoms with E-state index in [-0.39, 0.29) is 0 Å². The lowest BCUT2D eigenvalue weighted by molar-refractivity contribution is 0.0477. The summed E-state index contributed by atoms with van der Waals surface area (Å²) >= 11 is 6.33. The van der Waals surface area contributed by atoms with Crippen LogP contribution in [0.5, 0.6) is 0 Å². The number of rotatable bonds is 3. The first-order valence-electron chi connectivity index (χ1n) is 4.97. The maximum Gasteiger partial charge on any atom is 0.0508 e. The average molecular weight is 191 g/mol. The van der Waals surface area contributed by atoms with Crippen molar-refractivity contribution in [1.29, 1.82) is 0 Å². The molecular weight excluding hydrogens is 172 g/mol. The molecule has 0 saturated carbocycles. The molecule has 0 aliphatic carbocycles. The van der Waals surface area contributed by atoms with E-state index in [0.29, 0.717) is 17.2 Å². The molecule has 0 bridgehead atoms. The molecule has 1 saturated heterocycles. The minimum Gasteiger partial charge on any atom is -0.381 e. The molecule has 0 aromatic heterocycles. The molecule has 0 N–H and O–H groups in total. The lowest BCUT2D eigenvalue weighted by atomic mass is 9.89. The summed E-state index contributed by atoms with van der Waals surface area (Å²) in [4.78, 5) is 0. The summed E-state index contributed by atoms with van der Waals surface area (Å²) in [5.74, 6) is 1.22. The highest BCUT2D eigenvalue weighted by atomic mass is 35.5. The normalized spacial score (nSPS) is 29.8. The smallest absolute Gasteiger partial charge is 0.0508 e. The molecule has 1 aliphatic heterocycles. The first-order chi connectivity index (χ1) is 5.75. The van der Waals surface area contributed by atoms with E-state index in [1.165, 1.54) is 19.3 Å². The predicted octanol–water partition coefficient (Wildman–Crippen LogP) is 3.07. The van der Waals surface area contributed by atoms with Crippen LogP contribution >= 0.6 is 11.6 Å². The van der Waals surface area contributed by atoms with E-state index >= 15 is 0 Å². The van der Waals surface area contributed by atoms with Crippen LogP contribution in [0, 0.1) is 11.8 Å². The fraction of sp³-hybridized carbons (Fsp3) is 1.00. The summed E-state index contributed by atoms with van der Waals surface area (Å²) in [6.07, 6.45) is 3.60. The molecule has 1 heterocycles. The number of hydrogen-bond donors (Lipinski definition) is 0. The molecule has 1 nitrogen and oxygen atoms in total. The Balaban J connectivity index is 2.33. The van der Waals surface area contributed by atoms with Crippen LogP contribution < -0.4 is 0 Å². The number of halogens is 1. The summed E-state index contributed by atoms with van der Waals surface area (Å²) in [7, 11) is 0. The lowest BCUT2D eigenvalue weighted by Gasteiger charge is -2.29. The molecule has 2 heteroatoms. The van der Waals surface area contributed by atoms with Gasteiger partial charge in [0.05, 0.1) is 6.61 Å². The Hall–Kier alpha value is 0.250. The Labute approximate surface area is 80.4 Å². The molecule has 0 amide bonds. The molecule has 3 atom stereocenters. The largest absolute Gasteiger partial charge is 0.381 e. The maximum atomic E-state index is 6.33. The quantitative estimate of drug-likeness (QED) is 0.622. The fourth-order valence-electron chi connectivity index (χ4n) is 1.71. The zero-order valence-electron chi connectivity index (χ0n) is 8.05. The van der Waals surface area contributed by atoms with E-state index in [2.05, 4.69) is 13.8 Å². The van der Waals surface area contributed by atoms with Gasteiger partial charge >= 0.3 is 0 Å². The lowest BCUT2D eigenvalue weighted by Crippen LogP contribution is -2.29. The van der Waals surface area contributed by atoms with E-state index in [1.54, 1.807) is 0 Å². The second-order valence-electron chi connectivity index (χ2n) is 3.81. The molecule has 1 aliphatic rings. The number of ether oxygens (including phenoxy) is 1. The molecule has 3 unspecified atom stereocenters. The highest BCUT2D eigenvalue weighted by molar-refractivity contribution is 6.21. The molecule has 12 heavy (non-hydrogen) atoms. The van der Waals surface area contributed by atoms with E-state index in [9.17, 15) is 0 Å².